The predicted octanol–water partition coefficient (Wildman–Crippen LogP) is 0.169. The van der Waals surface area contributed by atoms with Crippen molar-refractivity contribution in [1.82, 2.24) is 15.2 Å². The van der Waals surface area contributed by atoms with Crippen molar-refractivity contribution < 1.29 is 9.21 Å². The quantitative estimate of drug-likeness (QED) is 0.713. The normalized spacial score (nSPS) is 28.7. The van der Waals surface area contributed by atoms with Crippen molar-refractivity contribution in [3.05, 3.63) is 17.8 Å². The maximum Gasteiger partial charge on any atom is 0.291 e. The molecule has 0 radical (unpaired) electrons. The molecule has 0 aliphatic carbocycles. The van der Waals surface area contributed by atoms with E-state index in [1.807, 2.05) is 4.90 Å². The fourth-order valence-corrected chi connectivity index (χ4v) is 2.39. The van der Waals surface area contributed by atoms with Crippen LogP contribution in [0.1, 0.15) is 22.7 Å². The number of carbonyl (C=O) groups excluding carboxylic acids is 1. The highest BCUT2D eigenvalue weighted by atomic mass is 16.3. The van der Waals surface area contributed by atoms with E-state index in [4.69, 9.17) is 4.42 Å². The molecule has 0 bridgehead atoms. The standard InChI is InChI=1S/C10H13N3O2/c1-6-9(15-5-12-6)10(14)13-4-7-8(13)2-3-11-7/h5,7-8,11H,2-4H2,1H3. The van der Waals surface area contributed by atoms with Gasteiger partial charge in [0, 0.05) is 12.6 Å². The maximum atomic E-state index is 12.0. The van der Waals surface area contributed by atoms with Crippen LogP contribution in [0.2, 0.25) is 0 Å². The molecule has 5 nitrogen and oxygen atoms in total. The van der Waals surface area contributed by atoms with Gasteiger partial charge in [-0.15, -0.1) is 0 Å². The molecule has 5 heteroatoms. The minimum atomic E-state index is -0.0186. The Bertz CT molecular complexity index is 401. The Hall–Kier alpha value is -1.36. The lowest BCUT2D eigenvalue weighted by Gasteiger charge is -2.43. The molecule has 3 rings (SSSR count). The van der Waals surface area contributed by atoms with E-state index in [1.54, 1.807) is 6.92 Å². The molecule has 2 atom stereocenters. The fraction of sp³-hybridized carbons (Fsp3) is 0.600. The zero-order valence-electron chi connectivity index (χ0n) is 8.56. The number of nitrogens with one attached hydrogen (secondary N) is 1. The molecule has 1 amide bonds. The van der Waals surface area contributed by atoms with Crippen molar-refractivity contribution >= 4 is 5.91 Å². The summed E-state index contributed by atoms with van der Waals surface area (Å²) in [5.41, 5.74) is 0.675. The first-order chi connectivity index (χ1) is 7.27. The Labute approximate surface area is 87.5 Å². The second-order valence-corrected chi connectivity index (χ2v) is 4.14. The summed E-state index contributed by atoms with van der Waals surface area (Å²) < 4.78 is 5.11. The molecule has 1 N–H and O–H groups in total. The predicted molar refractivity (Wildman–Crippen MR) is 52.5 cm³/mol. The first kappa shape index (κ1) is 8.91. The average molecular weight is 207 g/mol. The van der Waals surface area contributed by atoms with Crippen LogP contribution in [0, 0.1) is 6.92 Å². The van der Waals surface area contributed by atoms with Gasteiger partial charge in [-0.2, -0.15) is 0 Å². The van der Waals surface area contributed by atoms with Crippen LogP contribution in [0.15, 0.2) is 10.8 Å². The van der Waals surface area contributed by atoms with Crippen molar-refractivity contribution in [1.29, 1.82) is 0 Å². The lowest BCUT2D eigenvalue weighted by atomic mass is 9.97. The molecule has 2 aliphatic rings. The van der Waals surface area contributed by atoms with Crippen LogP contribution >= 0.6 is 0 Å². The largest absolute Gasteiger partial charge is 0.438 e. The van der Waals surface area contributed by atoms with Gasteiger partial charge in [0.2, 0.25) is 5.76 Å². The summed E-state index contributed by atoms with van der Waals surface area (Å²) >= 11 is 0. The summed E-state index contributed by atoms with van der Waals surface area (Å²) in [6.45, 7) is 3.60. The van der Waals surface area contributed by atoms with Crippen LogP contribution in [0.5, 0.6) is 0 Å². The number of hydrogen-bond acceptors (Lipinski definition) is 4. The van der Waals surface area contributed by atoms with Gasteiger partial charge in [0.25, 0.3) is 5.91 Å². The third-order valence-electron chi connectivity index (χ3n) is 3.31. The number of likely N-dealkylation sites (tertiary alicyclic amines) is 1. The summed E-state index contributed by atoms with van der Waals surface area (Å²) in [5.74, 6) is 0.371. The van der Waals surface area contributed by atoms with Crippen LogP contribution in [-0.4, -0.2) is 41.0 Å². The number of carbonyl (C=O) groups is 1. The molecule has 0 aromatic carbocycles. The van der Waals surface area contributed by atoms with E-state index in [0.717, 1.165) is 19.5 Å². The third kappa shape index (κ3) is 1.19. The highest BCUT2D eigenvalue weighted by Gasteiger charge is 2.45. The first-order valence-corrected chi connectivity index (χ1v) is 5.22. The van der Waals surface area contributed by atoms with E-state index in [0.29, 0.717) is 23.5 Å². The summed E-state index contributed by atoms with van der Waals surface area (Å²) in [7, 11) is 0. The molecular formula is C10H13N3O2. The molecule has 0 spiro atoms. The van der Waals surface area contributed by atoms with Gasteiger partial charge in [-0.3, -0.25) is 4.79 Å². The minimum absolute atomic E-state index is 0.0186. The van der Waals surface area contributed by atoms with Crippen molar-refractivity contribution in [3.8, 4) is 0 Å². The number of aromatic nitrogens is 1. The SMILES string of the molecule is Cc1ncoc1C(=O)N1CC2NCCC21. The topological polar surface area (TPSA) is 58.4 Å². The van der Waals surface area contributed by atoms with Gasteiger partial charge >= 0.3 is 0 Å². The lowest BCUT2D eigenvalue weighted by Crippen LogP contribution is -2.62. The molecule has 3 heterocycles. The molecule has 1 aromatic rings. The van der Waals surface area contributed by atoms with Crippen molar-refractivity contribution in [3.63, 3.8) is 0 Å². The van der Waals surface area contributed by atoms with E-state index in [1.165, 1.54) is 6.39 Å². The zero-order valence-corrected chi connectivity index (χ0v) is 8.56. The Kier molecular flexibility index (Phi) is 1.82. The Morgan fingerprint density at radius 2 is 2.60 bits per heavy atom. The molecule has 15 heavy (non-hydrogen) atoms. The second kappa shape index (κ2) is 3.06. The van der Waals surface area contributed by atoms with Gasteiger partial charge in [-0.05, 0) is 19.9 Å². The molecule has 80 valence electrons. The van der Waals surface area contributed by atoms with E-state index < -0.39 is 0 Å². The van der Waals surface area contributed by atoms with Gasteiger partial charge in [0.15, 0.2) is 6.39 Å². The molecule has 0 saturated carbocycles. The summed E-state index contributed by atoms with van der Waals surface area (Å²) in [5, 5.41) is 3.36. The number of fused-ring (bicyclic) bond motifs is 1. The van der Waals surface area contributed by atoms with Crippen LogP contribution in [-0.2, 0) is 0 Å². The fourth-order valence-electron chi connectivity index (χ4n) is 2.39. The molecule has 2 saturated heterocycles. The van der Waals surface area contributed by atoms with E-state index in [9.17, 15) is 4.79 Å². The van der Waals surface area contributed by atoms with Crippen LogP contribution < -0.4 is 5.32 Å². The zero-order chi connectivity index (χ0) is 10.4. The van der Waals surface area contributed by atoms with E-state index >= 15 is 0 Å². The number of oxazole rings is 1. The van der Waals surface area contributed by atoms with Gasteiger partial charge in [-0.25, -0.2) is 4.98 Å². The minimum Gasteiger partial charge on any atom is -0.438 e. The number of hydrogen-bond donors (Lipinski definition) is 1. The van der Waals surface area contributed by atoms with Gasteiger partial charge < -0.3 is 14.6 Å². The first-order valence-electron chi connectivity index (χ1n) is 5.22. The Morgan fingerprint density at radius 1 is 1.73 bits per heavy atom. The number of nitrogens with zero attached hydrogens (tertiary/aromatic N) is 2. The second-order valence-electron chi connectivity index (χ2n) is 4.14. The van der Waals surface area contributed by atoms with E-state index in [2.05, 4.69) is 10.3 Å². The summed E-state index contributed by atoms with van der Waals surface area (Å²) in [4.78, 5) is 17.8. The van der Waals surface area contributed by atoms with Crippen molar-refractivity contribution in [2.75, 3.05) is 13.1 Å². The number of rotatable bonds is 1. The summed E-state index contributed by atoms with van der Waals surface area (Å²) in [6, 6.07) is 0.860. The molecule has 2 fully saturated rings. The van der Waals surface area contributed by atoms with Gasteiger partial charge in [0.05, 0.1) is 11.7 Å². The lowest BCUT2D eigenvalue weighted by molar-refractivity contribution is 0.0378. The summed E-state index contributed by atoms with van der Waals surface area (Å²) in [6.07, 6.45) is 2.37. The van der Waals surface area contributed by atoms with E-state index in [-0.39, 0.29) is 5.91 Å². The molecule has 2 aliphatic heterocycles. The van der Waals surface area contributed by atoms with Crippen molar-refractivity contribution in [2.24, 2.45) is 0 Å². The molecule has 2 unspecified atom stereocenters. The number of aryl methyl sites for hydroxylation is 1. The van der Waals surface area contributed by atoms with Crippen LogP contribution in [0.4, 0.5) is 0 Å². The third-order valence-corrected chi connectivity index (χ3v) is 3.31. The number of amides is 1. The Balaban J connectivity index is 1.79. The monoisotopic (exact) mass is 207 g/mol. The van der Waals surface area contributed by atoms with Crippen LogP contribution in [0.3, 0.4) is 0 Å². The van der Waals surface area contributed by atoms with Gasteiger partial charge in [-0.1, -0.05) is 0 Å². The van der Waals surface area contributed by atoms with Gasteiger partial charge in [0.1, 0.15) is 0 Å². The average Bonchev–Trinajstić information content (AvgIpc) is 2.74. The molecular weight excluding hydrogens is 194 g/mol. The highest BCUT2D eigenvalue weighted by Crippen LogP contribution is 2.27. The molecule has 1 aromatic heterocycles. The maximum absolute atomic E-state index is 12.0. The smallest absolute Gasteiger partial charge is 0.291 e. The Morgan fingerprint density at radius 3 is 3.27 bits per heavy atom. The van der Waals surface area contributed by atoms with Crippen LogP contribution in [0.25, 0.3) is 0 Å². The van der Waals surface area contributed by atoms with Crippen molar-refractivity contribution in [2.45, 2.75) is 25.4 Å². The highest BCUT2D eigenvalue weighted by molar-refractivity contribution is 5.93.